The first-order chi connectivity index (χ1) is 12.6. The fraction of sp³-hybridized carbons (Fsp3) is 0.450. The topological polar surface area (TPSA) is 64.3 Å². The van der Waals surface area contributed by atoms with Crippen molar-refractivity contribution in [1.82, 2.24) is 19.6 Å². The molecule has 0 unspecified atom stereocenters. The van der Waals surface area contributed by atoms with E-state index in [0.717, 1.165) is 40.8 Å². The van der Waals surface area contributed by atoms with Crippen molar-refractivity contribution in [2.24, 2.45) is 5.92 Å². The standard InChI is InChI=1S/C20H25N5O/c1-13-7-10-17(18(11-13)26-3)24-20-23-14(2)22-19-16(12-21-25(19)20)6-4-5-15-8-9-15/h7,10-12,15H,4-6,8-9H2,1-3H3,(H,22,23,24). The van der Waals surface area contributed by atoms with E-state index in [2.05, 4.69) is 20.4 Å². The highest BCUT2D eigenvalue weighted by atomic mass is 16.5. The van der Waals surface area contributed by atoms with Crippen molar-refractivity contribution in [3.05, 3.63) is 41.3 Å². The van der Waals surface area contributed by atoms with Crippen LogP contribution in [0.3, 0.4) is 0 Å². The van der Waals surface area contributed by atoms with E-state index in [4.69, 9.17) is 4.74 Å². The van der Waals surface area contributed by atoms with Crippen molar-refractivity contribution in [1.29, 1.82) is 0 Å². The molecule has 1 fully saturated rings. The zero-order valence-electron chi connectivity index (χ0n) is 15.6. The van der Waals surface area contributed by atoms with Gasteiger partial charge in [0, 0.05) is 5.56 Å². The Bertz CT molecular complexity index is 929. The summed E-state index contributed by atoms with van der Waals surface area (Å²) in [5.41, 5.74) is 4.09. The van der Waals surface area contributed by atoms with Crippen LogP contribution in [-0.2, 0) is 6.42 Å². The number of ether oxygens (including phenoxy) is 1. The van der Waals surface area contributed by atoms with Gasteiger partial charge in [0.2, 0.25) is 5.95 Å². The summed E-state index contributed by atoms with van der Waals surface area (Å²) in [5.74, 6) is 3.13. The first-order valence-corrected chi connectivity index (χ1v) is 9.27. The summed E-state index contributed by atoms with van der Waals surface area (Å²) in [4.78, 5) is 9.18. The van der Waals surface area contributed by atoms with Crippen molar-refractivity contribution in [3.8, 4) is 5.75 Å². The monoisotopic (exact) mass is 351 g/mol. The van der Waals surface area contributed by atoms with Gasteiger partial charge in [-0.15, -0.1) is 0 Å². The number of anilines is 2. The molecule has 1 aliphatic rings. The SMILES string of the molecule is COc1cc(C)ccc1Nc1nc(C)nc2c(CCCC3CC3)cnn12. The highest BCUT2D eigenvalue weighted by molar-refractivity contribution is 5.65. The molecule has 1 aliphatic carbocycles. The number of benzene rings is 1. The van der Waals surface area contributed by atoms with Crippen molar-refractivity contribution < 1.29 is 4.74 Å². The number of nitrogens with zero attached hydrogens (tertiary/aromatic N) is 4. The Morgan fingerprint density at radius 3 is 2.85 bits per heavy atom. The molecule has 2 heterocycles. The van der Waals surface area contributed by atoms with Gasteiger partial charge in [-0.3, -0.25) is 0 Å². The van der Waals surface area contributed by atoms with Crippen LogP contribution < -0.4 is 10.1 Å². The Morgan fingerprint density at radius 1 is 1.23 bits per heavy atom. The van der Waals surface area contributed by atoms with Gasteiger partial charge >= 0.3 is 0 Å². The Hall–Kier alpha value is -2.63. The van der Waals surface area contributed by atoms with Crippen LogP contribution in [0.25, 0.3) is 5.65 Å². The first-order valence-electron chi connectivity index (χ1n) is 9.27. The lowest BCUT2D eigenvalue weighted by Crippen LogP contribution is -2.07. The molecule has 3 aromatic rings. The second-order valence-corrected chi connectivity index (χ2v) is 7.16. The van der Waals surface area contributed by atoms with Crippen molar-refractivity contribution in [3.63, 3.8) is 0 Å². The summed E-state index contributed by atoms with van der Waals surface area (Å²) in [5, 5.41) is 7.89. The van der Waals surface area contributed by atoms with Gasteiger partial charge in [0.05, 0.1) is 19.0 Å². The molecule has 6 heteroatoms. The van der Waals surface area contributed by atoms with Crippen LogP contribution in [0.2, 0.25) is 0 Å². The predicted molar refractivity (Wildman–Crippen MR) is 102 cm³/mol. The maximum Gasteiger partial charge on any atom is 0.232 e. The second-order valence-electron chi connectivity index (χ2n) is 7.16. The van der Waals surface area contributed by atoms with E-state index in [1.165, 1.54) is 31.2 Å². The van der Waals surface area contributed by atoms with Crippen LogP contribution in [-0.4, -0.2) is 26.7 Å². The highest BCUT2D eigenvalue weighted by Crippen LogP contribution is 2.34. The molecule has 0 atom stereocenters. The summed E-state index contributed by atoms with van der Waals surface area (Å²) in [7, 11) is 1.67. The van der Waals surface area contributed by atoms with E-state index in [0.29, 0.717) is 5.95 Å². The molecule has 0 amide bonds. The lowest BCUT2D eigenvalue weighted by Gasteiger charge is -2.12. The van der Waals surface area contributed by atoms with Crippen LogP contribution in [0.4, 0.5) is 11.6 Å². The fourth-order valence-corrected chi connectivity index (χ4v) is 3.30. The molecule has 0 bridgehead atoms. The number of rotatable bonds is 7. The molecule has 1 N–H and O–H groups in total. The summed E-state index contributed by atoms with van der Waals surface area (Å²) in [6.45, 7) is 3.96. The third-order valence-corrected chi connectivity index (χ3v) is 4.91. The maximum atomic E-state index is 5.49. The summed E-state index contributed by atoms with van der Waals surface area (Å²) < 4.78 is 7.28. The van der Waals surface area contributed by atoms with E-state index < -0.39 is 0 Å². The molecule has 6 nitrogen and oxygen atoms in total. The minimum absolute atomic E-state index is 0.656. The van der Waals surface area contributed by atoms with Crippen LogP contribution in [0.1, 0.15) is 42.6 Å². The molecule has 0 aliphatic heterocycles. The molecule has 0 spiro atoms. The van der Waals surface area contributed by atoms with Crippen LogP contribution in [0.15, 0.2) is 24.4 Å². The van der Waals surface area contributed by atoms with Crippen molar-refractivity contribution >= 4 is 17.3 Å². The zero-order chi connectivity index (χ0) is 18.1. The molecule has 4 rings (SSSR count). The lowest BCUT2D eigenvalue weighted by molar-refractivity contribution is 0.416. The molecular weight excluding hydrogens is 326 g/mol. The van der Waals surface area contributed by atoms with Gasteiger partial charge in [-0.1, -0.05) is 25.3 Å². The average Bonchev–Trinajstić information content (AvgIpc) is 3.36. The van der Waals surface area contributed by atoms with Gasteiger partial charge in [0.1, 0.15) is 11.6 Å². The third kappa shape index (κ3) is 3.49. The number of aromatic nitrogens is 4. The van der Waals surface area contributed by atoms with Crippen molar-refractivity contribution in [2.45, 2.75) is 46.0 Å². The molecular formula is C20H25N5O. The molecule has 26 heavy (non-hydrogen) atoms. The molecule has 136 valence electrons. The number of nitrogens with one attached hydrogen (secondary N) is 1. The Morgan fingerprint density at radius 2 is 2.08 bits per heavy atom. The summed E-state index contributed by atoms with van der Waals surface area (Å²) >= 11 is 0. The summed E-state index contributed by atoms with van der Waals surface area (Å²) in [6, 6.07) is 6.04. The zero-order valence-corrected chi connectivity index (χ0v) is 15.6. The first kappa shape index (κ1) is 16.8. The minimum Gasteiger partial charge on any atom is -0.495 e. The second kappa shape index (κ2) is 6.94. The molecule has 1 saturated carbocycles. The number of hydrogen-bond acceptors (Lipinski definition) is 5. The number of hydrogen-bond donors (Lipinski definition) is 1. The van der Waals surface area contributed by atoms with E-state index in [-0.39, 0.29) is 0 Å². The predicted octanol–water partition coefficient (Wildman–Crippen LogP) is 4.23. The molecule has 0 radical (unpaired) electrons. The van der Waals surface area contributed by atoms with Gasteiger partial charge in [0.25, 0.3) is 0 Å². The average molecular weight is 351 g/mol. The van der Waals surface area contributed by atoms with Gasteiger partial charge in [0.15, 0.2) is 5.65 Å². The third-order valence-electron chi connectivity index (χ3n) is 4.91. The molecule has 0 saturated heterocycles. The number of aryl methyl sites for hydroxylation is 3. The number of methoxy groups -OCH3 is 1. The van der Waals surface area contributed by atoms with E-state index in [9.17, 15) is 0 Å². The van der Waals surface area contributed by atoms with Crippen LogP contribution in [0, 0.1) is 19.8 Å². The lowest BCUT2D eigenvalue weighted by atomic mass is 10.1. The van der Waals surface area contributed by atoms with Gasteiger partial charge in [-0.2, -0.15) is 14.6 Å². The smallest absolute Gasteiger partial charge is 0.232 e. The normalized spacial score (nSPS) is 14.0. The van der Waals surface area contributed by atoms with Gasteiger partial charge < -0.3 is 10.1 Å². The number of fused-ring (bicyclic) bond motifs is 1. The largest absolute Gasteiger partial charge is 0.495 e. The van der Waals surface area contributed by atoms with E-state index in [1.54, 1.807) is 11.6 Å². The Balaban J connectivity index is 1.63. The minimum atomic E-state index is 0.656. The maximum absolute atomic E-state index is 5.49. The fourth-order valence-electron chi connectivity index (χ4n) is 3.30. The highest BCUT2D eigenvalue weighted by Gasteiger charge is 2.21. The quantitative estimate of drug-likeness (QED) is 0.690. The molecule has 2 aromatic heterocycles. The van der Waals surface area contributed by atoms with Crippen LogP contribution in [0.5, 0.6) is 5.75 Å². The summed E-state index contributed by atoms with van der Waals surface area (Å²) in [6.07, 6.45) is 8.26. The van der Waals surface area contributed by atoms with E-state index >= 15 is 0 Å². The van der Waals surface area contributed by atoms with E-state index in [1.807, 2.05) is 38.2 Å². The van der Waals surface area contributed by atoms with Gasteiger partial charge in [-0.05, 0) is 50.3 Å². The van der Waals surface area contributed by atoms with Gasteiger partial charge in [-0.25, -0.2) is 4.98 Å². The van der Waals surface area contributed by atoms with Crippen molar-refractivity contribution in [2.75, 3.05) is 12.4 Å². The Kier molecular flexibility index (Phi) is 4.49. The molecule has 1 aromatic carbocycles. The van der Waals surface area contributed by atoms with Crippen LogP contribution >= 0.6 is 0 Å². The Labute approximate surface area is 153 Å².